The Kier molecular flexibility index (Phi) is 10.9. The molecule has 1 aromatic heterocycles. The van der Waals surface area contributed by atoms with E-state index >= 15 is 0 Å². The van der Waals surface area contributed by atoms with Gasteiger partial charge in [0.2, 0.25) is 5.91 Å². The van der Waals surface area contributed by atoms with Gasteiger partial charge in [0.1, 0.15) is 6.33 Å². The molecule has 11 heteroatoms. The maximum Gasteiger partial charge on any atom is 0.303 e. The fourth-order valence-corrected chi connectivity index (χ4v) is 5.08. The molecule has 1 amide bonds. The van der Waals surface area contributed by atoms with Crippen molar-refractivity contribution in [3.05, 3.63) is 77.1 Å². The second kappa shape index (κ2) is 14.8. The van der Waals surface area contributed by atoms with E-state index in [1.165, 1.54) is 6.33 Å². The highest BCUT2D eigenvalue weighted by Crippen LogP contribution is 2.39. The van der Waals surface area contributed by atoms with Crippen LogP contribution in [0, 0.1) is 0 Å². The molecular weight excluding hydrogens is 520 g/mol. The van der Waals surface area contributed by atoms with E-state index in [4.69, 9.17) is 14.6 Å². The number of nitrogens with zero attached hydrogens (tertiary/aromatic N) is 2. The zero-order valence-corrected chi connectivity index (χ0v) is 22.4. The van der Waals surface area contributed by atoms with E-state index in [0.29, 0.717) is 38.0 Å². The normalized spacial score (nSPS) is 19.1. The summed E-state index contributed by atoms with van der Waals surface area (Å²) in [6.45, 7) is 0.407. The Morgan fingerprint density at radius 2 is 1.69 bits per heavy atom. The highest BCUT2D eigenvalue weighted by atomic mass is 32.2. The van der Waals surface area contributed by atoms with Crippen LogP contribution in [0.3, 0.4) is 0 Å². The van der Waals surface area contributed by atoms with Crippen LogP contribution in [-0.2, 0) is 32.2 Å². The van der Waals surface area contributed by atoms with Gasteiger partial charge in [-0.2, -0.15) is 5.10 Å². The monoisotopic (exact) mass is 554 g/mol. The molecule has 4 N–H and O–H groups in total. The number of thioether (sulfide) groups is 1. The van der Waals surface area contributed by atoms with Crippen LogP contribution >= 0.6 is 11.8 Å². The molecule has 3 aromatic rings. The molecule has 0 spiro atoms. The van der Waals surface area contributed by atoms with Gasteiger partial charge in [-0.05, 0) is 29.5 Å². The first-order valence-electron chi connectivity index (χ1n) is 13.1. The molecule has 0 radical (unpaired) electrons. The molecule has 2 aromatic carbocycles. The molecule has 39 heavy (non-hydrogen) atoms. The number of hydrogen-bond acceptors (Lipinski definition) is 8. The van der Waals surface area contributed by atoms with Gasteiger partial charge in [0.05, 0.1) is 18.8 Å². The fraction of sp³-hybridized carbons (Fsp3) is 0.429. The van der Waals surface area contributed by atoms with E-state index < -0.39 is 12.3 Å². The lowest BCUT2D eigenvalue weighted by molar-refractivity contribution is -0.245. The number of ether oxygens (including phenoxy) is 2. The number of rotatable bonds is 14. The van der Waals surface area contributed by atoms with Gasteiger partial charge in [0, 0.05) is 37.1 Å². The Hall–Kier alpha value is -3.25. The molecule has 0 unspecified atom stereocenters. The fourth-order valence-electron chi connectivity index (χ4n) is 4.28. The SMILES string of the molecule is O=C(O)CCCCCC(=O)NCc1ccc([C@@H]2O[C@H](CSc3ncn[nH]3)C[C@H](c3ccc(CO)cc3)O2)cc1. The van der Waals surface area contributed by atoms with Crippen LogP contribution < -0.4 is 5.32 Å². The van der Waals surface area contributed by atoms with Crippen molar-refractivity contribution in [2.24, 2.45) is 0 Å². The minimum absolute atomic E-state index is 0.00637. The summed E-state index contributed by atoms with van der Waals surface area (Å²) in [4.78, 5) is 26.9. The number of aromatic amines is 1. The number of H-pyrrole nitrogens is 1. The summed E-state index contributed by atoms with van der Waals surface area (Å²) in [6.07, 6.45) is 3.84. The van der Waals surface area contributed by atoms with Crippen molar-refractivity contribution in [3.63, 3.8) is 0 Å². The number of aliphatic hydroxyl groups is 1. The minimum atomic E-state index is -0.806. The summed E-state index contributed by atoms with van der Waals surface area (Å²) in [6, 6.07) is 15.6. The van der Waals surface area contributed by atoms with Crippen molar-refractivity contribution in [2.75, 3.05) is 5.75 Å². The van der Waals surface area contributed by atoms with Crippen molar-refractivity contribution < 1.29 is 29.3 Å². The summed E-state index contributed by atoms with van der Waals surface area (Å²) in [7, 11) is 0. The zero-order valence-electron chi connectivity index (χ0n) is 21.6. The van der Waals surface area contributed by atoms with Gasteiger partial charge >= 0.3 is 5.97 Å². The Labute approximate surface area is 231 Å². The molecule has 1 aliphatic rings. The van der Waals surface area contributed by atoms with Crippen molar-refractivity contribution in [3.8, 4) is 0 Å². The number of amides is 1. The third kappa shape index (κ3) is 9.17. The molecule has 0 bridgehead atoms. The number of nitrogens with one attached hydrogen (secondary N) is 2. The molecule has 1 aliphatic heterocycles. The van der Waals surface area contributed by atoms with E-state index in [9.17, 15) is 14.7 Å². The van der Waals surface area contributed by atoms with Gasteiger partial charge in [-0.3, -0.25) is 14.7 Å². The predicted octanol–water partition coefficient (Wildman–Crippen LogP) is 4.29. The van der Waals surface area contributed by atoms with Crippen LogP contribution in [0.15, 0.2) is 60.0 Å². The number of benzene rings is 2. The third-order valence-electron chi connectivity index (χ3n) is 6.45. The summed E-state index contributed by atoms with van der Waals surface area (Å²) in [5.74, 6) is -0.170. The van der Waals surface area contributed by atoms with Gasteiger partial charge in [0.25, 0.3) is 0 Å². The molecule has 2 heterocycles. The summed E-state index contributed by atoms with van der Waals surface area (Å²) < 4.78 is 12.7. The maximum absolute atomic E-state index is 12.1. The van der Waals surface area contributed by atoms with Crippen LogP contribution in [0.2, 0.25) is 0 Å². The van der Waals surface area contributed by atoms with Crippen LogP contribution in [0.4, 0.5) is 0 Å². The van der Waals surface area contributed by atoms with Crippen molar-refractivity contribution in [2.45, 2.75) is 75.3 Å². The Bertz CT molecular complexity index is 1170. The summed E-state index contributed by atoms with van der Waals surface area (Å²) in [5, 5.41) is 28.5. The van der Waals surface area contributed by atoms with Crippen LogP contribution in [-0.4, -0.2) is 49.1 Å². The number of aliphatic carboxylic acids is 1. The smallest absolute Gasteiger partial charge is 0.303 e. The van der Waals surface area contributed by atoms with E-state index in [0.717, 1.165) is 33.8 Å². The number of carboxylic acids is 1. The van der Waals surface area contributed by atoms with Gasteiger partial charge in [-0.1, -0.05) is 66.7 Å². The van der Waals surface area contributed by atoms with Crippen LogP contribution in [0.5, 0.6) is 0 Å². The number of carboxylic acid groups (broad SMARTS) is 1. The summed E-state index contributed by atoms with van der Waals surface area (Å²) in [5.41, 5.74) is 3.72. The quantitative estimate of drug-likeness (QED) is 0.169. The molecule has 0 saturated carbocycles. The van der Waals surface area contributed by atoms with Gasteiger partial charge in [-0.25, -0.2) is 4.98 Å². The van der Waals surface area contributed by atoms with Gasteiger partial charge < -0.3 is 25.0 Å². The average Bonchev–Trinajstić information content (AvgIpc) is 3.49. The third-order valence-corrected chi connectivity index (χ3v) is 7.46. The predicted molar refractivity (Wildman–Crippen MR) is 145 cm³/mol. The first-order valence-corrected chi connectivity index (χ1v) is 14.0. The first-order chi connectivity index (χ1) is 19.0. The van der Waals surface area contributed by atoms with Crippen molar-refractivity contribution in [1.82, 2.24) is 20.5 Å². The minimum Gasteiger partial charge on any atom is -0.481 e. The molecule has 1 saturated heterocycles. The van der Waals surface area contributed by atoms with Crippen LogP contribution in [0.1, 0.15) is 73.2 Å². The molecule has 208 valence electrons. The molecule has 1 fully saturated rings. The maximum atomic E-state index is 12.1. The van der Waals surface area contributed by atoms with Crippen LogP contribution in [0.25, 0.3) is 0 Å². The van der Waals surface area contributed by atoms with Gasteiger partial charge in [-0.15, -0.1) is 0 Å². The van der Waals surface area contributed by atoms with E-state index in [-0.39, 0.29) is 31.1 Å². The van der Waals surface area contributed by atoms with Gasteiger partial charge in [0.15, 0.2) is 11.4 Å². The number of aliphatic hydroxyl groups excluding tert-OH is 1. The second-order valence-electron chi connectivity index (χ2n) is 9.42. The molecule has 0 aliphatic carbocycles. The molecular formula is C28H34N4O6S. The largest absolute Gasteiger partial charge is 0.481 e. The summed E-state index contributed by atoms with van der Waals surface area (Å²) >= 11 is 1.55. The number of carbonyl (C=O) groups is 2. The lowest BCUT2D eigenvalue weighted by Gasteiger charge is -2.36. The number of carbonyl (C=O) groups excluding carboxylic acids is 1. The highest BCUT2D eigenvalue weighted by molar-refractivity contribution is 7.99. The first kappa shape index (κ1) is 28.8. The Morgan fingerprint density at radius 1 is 0.974 bits per heavy atom. The Balaban J connectivity index is 1.33. The second-order valence-corrected chi connectivity index (χ2v) is 10.4. The topological polar surface area (TPSA) is 147 Å². The lowest BCUT2D eigenvalue weighted by atomic mass is 10.0. The lowest BCUT2D eigenvalue weighted by Crippen LogP contribution is -2.31. The highest BCUT2D eigenvalue weighted by Gasteiger charge is 2.32. The standard InChI is InChI=1S/C28H34N4O6S/c33-16-20-8-10-21(11-9-20)24-14-23(17-39-28-30-18-31-32-28)37-27(38-24)22-12-6-19(7-13-22)15-29-25(34)4-2-1-3-5-26(35)36/h6-13,18,23-24,27,33H,1-5,14-17H2,(H,29,34)(H,35,36)(H,30,31,32)/t23-,24+,27+/m0/s1. The number of hydrogen-bond donors (Lipinski definition) is 4. The molecule has 4 rings (SSSR count). The average molecular weight is 555 g/mol. The van der Waals surface area contributed by atoms with E-state index in [1.807, 2.05) is 48.5 Å². The zero-order chi connectivity index (χ0) is 27.5. The van der Waals surface area contributed by atoms with E-state index in [2.05, 4.69) is 20.5 Å². The molecule has 3 atom stereocenters. The van der Waals surface area contributed by atoms with Crippen molar-refractivity contribution >= 4 is 23.6 Å². The number of unbranched alkanes of at least 4 members (excludes halogenated alkanes) is 2. The van der Waals surface area contributed by atoms with E-state index in [1.54, 1.807) is 11.8 Å². The number of aromatic nitrogens is 3. The van der Waals surface area contributed by atoms with Crippen molar-refractivity contribution in [1.29, 1.82) is 0 Å². The Morgan fingerprint density at radius 3 is 2.38 bits per heavy atom. The molecule has 10 nitrogen and oxygen atoms in total.